The van der Waals surface area contributed by atoms with Gasteiger partial charge in [0.1, 0.15) is 6.04 Å². The molecule has 2 amide bonds. The molecule has 7 heteroatoms. The van der Waals surface area contributed by atoms with E-state index in [4.69, 9.17) is 23.2 Å². The third-order valence-electron chi connectivity index (χ3n) is 5.14. The van der Waals surface area contributed by atoms with Gasteiger partial charge in [-0.05, 0) is 41.0 Å². The summed E-state index contributed by atoms with van der Waals surface area (Å²) >= 11 is 13.7. The van der Waals surface area contributed by atoms with E-state index in [1.54, 1.807) is 18.0 Å². The molecule has 0 unspecified atom stereocenters. The highest BCUT2D eigenvalue weighted by Crippen LogP contribution is 2.21. The average molecular weight is 501 g/mol. The fourth-order valence-corrected chi connectivity index (χ4v) is 4.80. The summed E-state index contributed by atoms with van der Waals surface area (Å²) in [6.07, 6.45) is 0.422. The minimum Gasteiger partial charge on any atom is -0.357 e. The molecule has 3 rings (SSSR count). The molecule has 1 atom stereocenters. The SMILES string of the molecule is CNC(=O)[C@H](Cc1ccccc1)N(Cc1cccc(Cl)c1)C(=O)CSCc1cccc(Cl)c1. The van der Waals surface area contributed by atoms with Gasteiger partial charge in [-0.25, -0.2) is 0 Å². The van der Waals surface area contributed by atoms with Crippen molar-refractivity contribution < 1.29 is 9.59 Å². The maximum atomic E-state index is 13.4. The van der Waals surface area contributed by atoms with E-state index < -0.39 is 6.04 Å². The number of rotatable bonds is 10. The van der Waals surface area contributed by atoms with Crippen LogP contribution >= 0.6 is 35.0 Å². The Kier molecular flexibility index (Phi) is 9.67. The monoisotopic (exact) mass is 500 g/mol. The van der Waals surface area contributed by atoms with Gasteiger partial charge in [0, 0.05) is 35.8 Å². The molecule has 1 N–H and O–H groups in total. The largest absolute Gasteiger partial charge is 0.357 e. The number of hydrogen-bond donors (Lipinski definition) is 1. The number of amides is 2. The number of hydrogen-bond acceptors (Lipinski definition) is 3. The Labute approximate surface area is 209 Å². The molecule has 4 nitrogen and oxygen atoms in total. The summed E-state index contributed by atoms with van der Waals surface area (Å²) in [7, 11) is 1.59. The van der Waals surface area contributed by atoms with Crippen LogP contribution in [0.25, 0.3) is 0 Å². The normalized spacial score (nSPS) is 11.6. The van der Waals surface area contributed by atoms with Crippen LogP contribution in [0.5, 0.6) is 0 Å². The molecule has 0 spiro atoms. The van der Waals surface area contributed by atoms with Crippen molar-refractivity contribution in [3.05, 3.63) is 106 Å². The summed E-state index contributed by atoms with van der Waals surface area (Å²) in [4.78, 5) is 28.0. The smallest absolute Gasteiger partial charge is 0.242 e. The number of halogens is 2. The molecule has 0 aliphatic carbocycles. The molecule has 0 fully saturated rings. The Balaban J connectivity index is 1.81. The summed E-state index contributed by atoms with van der Waals surface area (Å²) in [5, 5.41) is 3.99. The highest BCUT2D eigenvalue weighted by atomic mass is 35.5. The zero-order valence-electron chi connectivity index (χ0n) is 18.3. The highest BCUT2D eigenvalue weighted by molar-refractivity contribution is 7.99. The van der Waals surface area contributed by atoms with Gasteiger partial charge in [0.05, 0.1) is 5.75 Å². The first-order valence-corrected chi connectivity index (χ1v) is 12.5. The van der Waals surface area contributed by atoms with Crippen LogP contribution in [0.2, 0.25) is 10.0 Å². The van der Waals surface area contributed by atoms with Gasteiger partial charge in [-0.1, -0.05) is 77.8 Å². The lowest BCUT2D eigenvalue weighted by molar-refractivity contribution is -0.139. The molecule has 3 aromatic carbocycles. The number of carbonyl (C=O) groups is 2. The zero-order chi connectivity index (χ0) is 23.6. The first-order chi connectivity index (χ1) is 16.0. The van der Waals surface area contributed by atoms with E-state index in [1.165, 1.54) is 11.8 Å². The van der Waals surface area contributed by atoms with Crippen LogP contribution in [-0.2, 0) is 28.3 Å². The lowest BCUT2D eigenvalue weighted by atomic mass is 10.0. The lowest BCUT2D eigenvalue weighted by Gasteiger charge is -2.31. The number of benzene rings is 3. The molecule has 0 saturated heterocycles. The molecule has 33 heavy (non-hydrogen) atoms. The number of likely N-dealkylation sites (N-methyl/N-ethyl adjacent to an activating group) is 1. The van der Waals surface area contributed by atoms with Crippen molar-refractivity contribution in [3.8, 4) is 0 Å². The highest BCUT2D eigenvalue weighted by Gasteiger charge is 2.29. The Morgan fingerprint density at radius 1 is 0.879 bits per heavy atom. The molecular formula is C26H26Cl2N2O2S. The number of nitrogens with zero attached hydrogens (tertiary/aromatic N) is 1. The van der Waals surface area contributed by atoms with E-state index >= 15 is 0 Å². The van der Waals surface area contributed by atoms with Crippen molar-refractivity contribution in [3.63, 3.8) is 0 Å². The standard InChI is InChI=1S/C26H26Cl2N2O2S/c1-29-26(32)24(15-19-7-3-2-4-8-19)30(16-20-9-5-11-22(27)13-20)25(31)18-33-17-21-10-6-12-23(28)14-21/h2-14,24H,15-18H2,1H3,(H,29,32)/t24-/m0/s1. The van der Waals surface area contributed by atoms with E-state index in [0.29, 0.717) is 28.8 Å². The van der Waals surface area contributed by atoms with Gasteiger partial charge in [-0.2, -0.15) is 0 Å². The van der Waals surface area contributed by atoms with Crippen LogP contribution in [0.3, 0.4) is 0 Å². The van der Waals surface area contributed by atoms with Crippen LogP contribution in [0.4, 0.5) is 0 Å². The van der Waals surface area contributed by atoms with Gasteiger partial charge in [0.15, 0.2) is 0 Å². The van der Waals surface area contributed by atoms with Gasteiger partial charge in [-0.3, -0.25) is 9.59 Å². The summed E-state index contributed by atoms with van der Waals surface area (Å²) in [6.45, 7) is 0.294. The number of thioether (sulfide) groups is 1. The lowest BCUT2D eigenvalue weighted by Crippen LogP contribution is -2.50. The molecule has 172 valence electrons. The Morgan fingerprint density at radius 3 is 2.12 bits per heavy atom. The molecule has 0 aliphatic rings. The summed E-state index contributed by atoms with van der Waals surface area (Å²) in [5.74, 6) is 0.594. The molecule has 0 heterocycles. The molecule has 0 saturated carbocycles. The minimum absolute atomic E-state index is 0.105. The van der Waals surface area contributed by atoms with Crippen molar-refractivity contribution in [1.82, 2.24) is 10.2 Å². The molecular weight excluding hydrogens is 475 g/mol. The first-order valence-electron chi connectivity index (χ1n) is 10.6. The second kappa shape index (κ2) is 12.7. The fraction of sp³-hybridized carbons (Fsp3) is 0.231. The van der Waals surface area contributed by atoms with Crippen molar-refractivity contribution in [2.45, 2.75) is 24.8 Å². The maximum Gasteiger partial charge on any atom is 0.242 e. The molecule has 3 aromatic rings. The summed E-state index contributed by atoms with van der Waals surface area (Å²) in [5.41, 5.74) is 2.91. The Bertz CT molecular complexity index is 1080. The minimum atomic E-state index is -0.643. The van der Waals surface area contributed by atoms with Crippen molar-refractivity contribution in [1.29, 1.82) is 0 Å². The van der Waals surface area contributed by atoms with Gasteiger partial charge in [0.25, 0.3) is 0 Å². The fourth-order valence-electron chi connectivity index (χ4n) is 3.52. The van der Waals surface area contributed by atoms with E-state index in [1.807, 2.05) is 72.8 Å². The van der Waals surface area contributed by atoms with E-state index in [0.717, 1.165) is 16.7 Å². The van der Waals surface area contributed by atoms with Crippen LogP contribution < -0.4 is 5.32 Å². The average Bonchev–Trinajstić information content (AvgIpc) is 2.81. The summed E-state index contributed by atoms with van der Waals surface area (Å²) in [6, 6.07) is 24.0. The quantitative estimate of drug-likeness (QED) is 0.393. The predicted octanol–water partition coefficient (Wildman–Crippen LogP) is 5.61. The maximum absolute atomic E-state index is 13.4. The summed E-state index contributed by atoms with van der Waals surface area (Å²) < 4.78 is 0. The Hall–Kier alpha value is -2.47. The molecule has 0 radical (unpaired) electrons. The van der Waals surface area contributed by atoms with Crippen LogP contribution in [0.15, 0.2) is 78.9 Å². The van der Waals surface area contributed by atoms with Gasteiger partial charge in [-0.15, -0.1) is 11.8 Å². The van der Waals surface area contributed by atoms with Crippen LogP contribution in [-0.4, -0.2) is 35.6 Å². The van der Waals surface area contributed by atoms with Gasteiger partial charge in [0.2, 0.25) is 11.8 Å². The molecule has 0 aliphatic heterocycles. The second-order valence-electron chi connectivity index (χ2n) is 7.59. The van der Waals surface area contributed by atoms with Gasteiger partial charge < -0.3 is 10.2 Å². The van der Waals surface area contributed by atoms with E-state index in [9.17, 15) is 9.59 Å². The topological polar surface area (TPSA) is 49.4 Å². The number of carbonyl (C=O) groups excluding carboxylic acids is 2. The Morgan fingerprint density at radius 2 is 1.48 bits per heavy atom. The van der Waals surface area contributed by atoms with Crippen molar-refractivity contribution in [2.24, 2.45) is 0 Å². The third-order valence-corrected chi connectivity index (χ3v) is 6.60. The van der Waals surface area contributed by atoms with E-state index in [2.05, 4.69) is 5.32 Å². The van der Waals surface area contributed by atoms with Crippen LogP contribution in [0, 0.1) is 0 Å². The first kappa shape index (κ1) is 25.2. The number of nitrogens with one attached hydrogen (secondary N) is 1. The van der Waals surface area contributed by atoms with E-state index in [-0.39, 0.29) is 17.6 Å². The second-order valence-corrected chi connectivity index (χ2v) is 9.45. The molecule has 0 bridgehead atoms. The zero-order valence-corrected chi connectivity index (χ0v) is 20.7. The van der Waals surface area contributed by atoms with Gasteiger partial charge >= 0.3 is 0 Å². The van der Waals surface area contributed by atoms with Crippen LogP contribution in [0.1, 0.15) is 16.7 Å². The predicted molar refractivity (Wildman–Crippen MR) is 138 cm³/mol. The van der Waals surface area contributed by atoms with Crippen molar-refractivity contribution >= 4 is 46.8 Å². The van der Waals surface area contributed by atoms with Crippen molar-refractivity contribution in [2.75, 3.05) is 12.8 Å². The molecule has 0 aromatic heterocycles. The third kappa shape index (κ3) is 7.81.